The number of hydrogen-bond donors (Lipinski definition) is 12. The summed E-state index contributed by atoms with van der Waals surface area (Å²) in [6.45, 7) is 3.88. The van der Waals surface area contributed by atoms with Crippen molar-refractivity contribution in [3.8, 4) is 0 Å². The Balaban J connectivity index is 1.24. The highest BCUT2D eigenvalue weighted by molar-refractivity contribution is 7.98. The number of para-hydroxylation sites is 1. The van der Waals surface area contributed by atoms with Crippen LogP contribution in [0.5, 0.6) is 0 Å². The molecule has 0 spiro atoms. The Morgan fingerprint density at radius 1 is 0.646 bits per heavy atom. The van der Waals surface area contributed by atoms with E-state index in [9.17, 15) is 73.2 Å². The van der Waals surface area contributed by atoms with Gasteiger partial charge in [-0.3, -0.25) is 47.9 Å². The second kappa shape index (κ2) is 31.8. The van der Waals surface area contributed by atoms with Gasteiger partial charge in [0.2, 0.25) is 53.2 Å². The molecule has 13 N–H and O–H groups in total. The van der Waals surface area contributed by atoms with Gasteiger partial charge in [0.25, 0.3) is 0 Å². The quantitative estimate of drug-likeness (QED) is 0.0422. The lowest BCUT2D eigenvalue weighted by molar-refractivity contribution is -0.147. The molecule has 0 unspecified atom stereocenters. The standard InChI is InChI=1S/C54H81N11O15S2/c1-6-29(2)43(61-45(70)33(55)26-31-27-56-34-13-8-7-12-32(31)34)50(75)60-38(28-66)46(71)62-44(30(3)67)53(78)65-23-11-16-41(65)48(73)57-35(17-18-42(68)69)51(76)63-21-9-14-39(63)47(72)58-36(19-24-81-4)52(77)64-22-10-15-40(64)49(74)59-37(54(79)80)20-25-82-5/h7-8,12-13,27,29-30,33,35-41,43-44,56,66-67H,6,9-11,14-26,28,55H2,1-5H3,(H,57,73)(H,58,72)(H,59,74)(H,60,75)(H,61,70)(H,62,71)(H,68,69)(H,79,80)/t29-,30+,33-,35-,36-,37-,38-,39-,40-,41-,43-,44-/m0/s1. The number of carbonyl (C=O) groups excluding carboxylic acids is 9. The minimum absolute atomic E-state index is 0.0299. The Hall–Kier alpha value is -6.49. The number of carbonyl (C=O) groups is 11. The largest absolute Gasteiger partial charge is 0.481 e. The van der Waals surface area contributed by atoms with Crippen molar-refractivity contribution in [1.29, 1.82) is 0 Å². The maximum absolute atomic E-state index is 14.5. The molecular weight excluding hydrogens is 1110 g/mol. The summed E-state index contributed by atoms with van der Waals surface area (Å²) in [5.41, 5.74) is 7.95. The van der Waals surface area contributed by atoms with Crippen LogP contribution >= 0.6 is 23.5 Å². The molecule has 82 heavy (non-hydrogen) atoms. The number of likely N-dealkylation sites (tertiary alicyclic amines) is 3. The first-order chi connectivity index (χ1) is 39.1. The number of benzene rings is 1. The minimum Gasteiger partial charge on any atom is -0.481 e. The number of rotatable bonds is 31. The normalized spacial score (nSPS) is 20.3. The van der Waals surface area contributed by atoms with Gasteiger partial charge in [0.05, 0.1) is 18.8 Å². The molecule has 3 aliphatic rings. The van der Waals surface area contributed by atoms with Crippen molar-refractivity contribution in [3.63, 3.8) is 0 Å². The van der Waals surface area contributed by atoms with Crippen LogP contribution in [0.15, 0.2) is 30.5 Å². The average molecular weight is 1190 g/mol. The van der Waals surface area contributed by atoms with Gasteiger partial charge < -0.3 is 77.7 Å². The van der Waals surface area contributed by atoms with E-state index in [1.54, 1.807) is 20.0 Å². The second-order valence-corrected chi connectivity index (χ2v) is 23.1. The highest BCUT2D eigenvalue weighted by atomic mass is 32.2. The van der Waals surface area contributed by atoms with Crippen molar-refractivity contribution in [1.82, 2.24) is 51.6 Å². The van der Waals surface area contributed by atoms with Crippen LogP contribution in [0, 0.1) is 5.92 Å². The van der Waals surface area contributed by atoms with Gasteiger partial charge in [0.1, 0.15) is 54.4 Å². The van der Waals surface area contributed by atoms with Gasteiger partial charge in [0.15, 0.2) is 0 Å². The summed E-state index contributed by atoms with van der Waals surface area (Å²) in [7, 11) is 0. The lowest BCUT2D eigenvalue weighted by atomic mass is 9.97. The number of thioether (sulfide) groups is 2. The number of fused-ring (bicyclic) bond motifs is 1. The van der Waals surface area contributed by atoms with Gasteiger partial charge in [-0.25, -0.2) is 4.79 Å². The third-order valence-corrected chi connectivity index (χ3v) is 16.6. The van der Waals surface area contributed by atoms with Crippen molar-refractivity contribution in [3.05, 3.63) is 36.0 Å². The van der Waals surface area contributed by atoms with E-state index in [4.69, 9.17) is 5.73 Å². The fraction of sp³-hybridized carbons (Fsp3) is 0.648. The zero-order valence-corrected chi connectivity index (χ0v) is 48.7. The Morgan fingerprint density at radius 2 is 1.13 bits per heavy atom. The molecule has 3 aliphatic heterocycles. The van der Waals surface area contributed by atoms with Crippen LogP contribution in [0.25, 0.3) is 10.9 Å². The van der Waals surface area contributed by atoms with Crippen LogP contribution in [0.4, 0.5) is 0 Å². The van der Waals surface area contributed by atoms with E-state index in [1.807, 2.05) is 36.8 Å². The number of aliphatic hydroxyl groups excluding tert-OH is 2. The smallest absolute Gasteiger partial charge is 0.326 e. The number of hydrogen-bond acceptors (Lipinski definition) is 16. The van der Waals surface area contributed by atoms with E-state index in [0.717, 1.165) is 21.4 Å². The number of carboxylic acid groups (broad SMARTS) is 2. The first-order valence-corrected chi connectivity index (χ1v) is 30.6. The topological polar surface area (TPSA) is 392 Å². The van der Waals surface area contributed by atoms with E-state index in [2.05, 4.69) is 36.9 Å². The molecule has 28 heteroatoms. The highest BCUT2D eigenvalue weighted by Gasteiger charge is 2.45. The number of aliphatic hydroxyl groups is 2. The molecule has 0 saturated carbocycles. The van der Waals surface area contributed by atoms with Gasteiger partial charge in [-0.15, -0.1) is 0 Å². The minimum atomic E-state index is -1.73. The number of H-pyrrole nitrogens is 1. The maximum atomic E-state index is 14.5. The fourth-order valence-electron chi connectivity index (χ4n) is 10.5. The SMILES string of the molecule is CC[C@H](C)[C@H](NC(=O)[C@@H](N)Cc1c[nH]c2ccccc12)C(=O)N[C@@H](CO)C(=O)N[C@H](C(=O)N1CCC[C@H]1C(=O)N[C@@H](CCC(=O)O)C(=O)N1CCC[C@H]1C(=O)N[C@@H](CCSC)C(=O)N1CCC[C@H]1C(=O)N[C@@H](CCSC)C(=O)O)[C@@H](C)O. The van der Waals surface area contributed by atoms with E-state index in [1.165, 1.54) is 40.2 Å². The second-order valence-electron chi connectivity index (χ2n) is 21.1. The molecule has 3 saturated heterocycles. The molecule has 5 rings (SSSR count). The van der Waals surface area contributed by atoms with Crippen molar-refractivity contribution in [2.24, 2.45) is 11.7 Å². The average Bonchev–Trinajstić information content (AvgIpc) is 4.40. The van der Waals surface area contributed by atoms with Crippen molar-refractivity contribution in [2.75, 3.05) is 50.3 Å². The molecule has 0 radical (unpaired) electrons. The molecule has 4 heterocycles. The lowest BCUT2D eigenvalue weighted by Crippen LogP contribution is -2.62. The molecule has 3 fully saturated rings. The Labute approximate surface area is 484 Å². The van der Waals surface area contributed by atoms with Crippen LogP contribution in [0.3, 0.4) is 0 Å². The lowest BCUT2D eigenvalue weighted by Gasteiger charge is -2.33. The molecule has 2 aromatic rings. The van der Waals surface area contributed by atoms with Gasteiger partial charge in [0, 0.05) is 43.2 Å². The monoisotopic (exact) mass is 1190 g/mol. The molecule has 12 atom stereocenters. The number of nitrogens with one attached hydrogen (secondary N) is 7. The first-order valence-electron chi connectivity index (χ1n) is 27.8. The summed E-state index contributed by atoms with van der Waals surface area (Å²) in [6, 6.07) is -5.46. The summed E-state index contributed by atoms with van der Waals surface area (Å²) in [5.74, 6) is -9.11. The first kappa shape index (κ1) is 66.3. The van der Waals surface area contributed by atoms with Crippen molar-refractivity contribution < 1.29 is 73.2 Å². The summed E-state index contributed by atoms with van der Waals surface area (Å²) in [5, 5.41) is 57.0. The number of nitrogens with zero attached hydrogens (tertiary/aromatic N) is 3. The van der Waals surface area contributed by atoms with Gasteiger partial charge >= 0.3 is 11.9 Å². The number of nitrogens with two attached hydrogens (primary N) is 1. The summed E-state index contributed by atoms with van der Waals surface area (Å²) in [4.78, 5) is 156. The molecule has 26 nitrogen and oxygen atoms in total. The van der Waals surface area contributed by atoms with Crippen LogP contribution in [-0.4, -0.2) is 222 Å². The molecular formula is C54H81N11O15S2. The Morgan fingerprint density at radius 3 is 1.62 bits per heavy atom. The predicted octanol–water partition coefficient (Wildman–Crippen LogP) is -1.21. The summed E-state index contributed by atoms with van der Waals surface area (Å²) < 4.78 is 0. The van der Waals surface area contributed by atoms with Crippen LogP contribution < -0.4 is 37.6 Å². The van der Waals surface area contributed by atoms with E-state index in [-0.39, 0.29) is 64.6 Å². The number of carboxylic acids is 2. The third-order valence-electron chi connectivity index (χ3n) is 15.3. The number of aromatic amines is 1. The maximum Gasteiger partial charge on any atom is 0.326 e. The summed E-state index contributed by atoms with van der Waals surface area (Å²) in [6.07, 6.45) is 5.16. The molecule has 454 valence electrons. The Kier molecular flexibility index (Phi) is 25.7. The molecule has 0 bridgehead atoms. The van der Waals surface area contributed by atoms with Crippen LogP contribution in [-0.2, 0) is 59.2 Å². The highest BCUT2D eigenvalue weighted by Crippen LogP contribution is 2.26. The molecule has 1 aromatic heterocycles. The van der Waals surface area contributed by atoms with Gasteiger partial charge in [-0.05, 0) is 113 Å². The number of amides is 9. The molecule has 9 amide bonds. The zero-order chi connectivity index (χ0) is 60.4. The van der Waals surface area contributed by atoms with Gasteiger partial charge in [-0.1, -0.05) is 38.5 Å². The van der Waals surface area contributed by atoms with E-state index in [0.29, 0.717) is 30.8 Å². The number of aromatic nitrogens is 1. The van der Waals surface area contributed by atoms with Crippen LogP contribution in [0.2, 0.25) is 0 Å². The number of aliphatic carboxylic acids is 2. The van der Waals surface area contributed by atoms with E-state index >= 15 is 0 Å². The summed E-state index contributed by atoms with van der Waals surface area (Å²) >= 11 is 2.83. The molecule has 0 aliphatic carbocycles. The van der Waals surface area contributed by atoms with Crippen LogP contribution in [0.1, 0.15) is 97.0 Å². The fourth-order valence-corrected chi connectivity index (χ4v) is 11.4. The van der Waals surface area contributed by atoms with Gasteiger partial charge in [-0.2, -0.15) is 23.5 Å². The molecule has 1 aromatic carbocycles. The van der Waals surface area contributed by atoms with Crippen molar-refractivity contribution in [2.45, 2.75) is 164 Å². The predicted molar refractivity (Wildman–Crippen MR) is 304 cm³/mol. The zero-order valence-electron chi connectivity index (χ0n) is 47.1. The Bertz CT molecular complexity index is 2610. The van der Waals surface area contributed by atoms with Crippen molar-refractivity contribution >= 4 is 99.5 Å². The van der Waals surface area contributed by atoms with E-state index < -0.39 is 157 Å². The third kappa shape index (κ3) is 17.5.